The Morgan fingerprint density at radius 3 is 2.42 bits per heavy atom. The van der Waals surface area contributed by atoms with Gasteiger partial charge in [0.15, 0.2) is 6.61 Å². The van der Waals surface area contributed by atoms with Crippen LogP contribution < -0.4 is 0 Å². The van der Waals surface area contributed by atoms with Crippen LogP contribution in [0, 0.1) is 17.0 Å². The highest BCUT2D eigenvalue weighted by Gasteiger charge is 2.18. The first-order chi connectivity index (χ1) is 12.4. The molecule has 0 bridgehead atoms. The van der Waals surface area contributed by atoms with Crippen LogP contribution in [0.3, 0.4) is 0 Å². The van der Waals surface area contributed by atoms with Crippen molar-refractivity contribution in [3.8, 4) is 0 Å². The van der Waals surface area contributed by atoms with Gasteiger partial charge in [-0.2, -0.15) is 0 Å². The Balaban J connectivity index is 1.96. The SMILES string of the molecule is CCN(Cc1ccccc1)C(=O)COC(=O)c1ccc([N+](=O)[O-])c(C)c1. The van der Waals surface area contributed by atoms with E-state index in [0.717, 1.165) is 5.56 Å². The topological polar surface area (TPSA) is 89.8 Å². The van der Waals surface area contributed by atoms with Gasteiger partial charge in [-0.1, -0.05) is 30.3 Å². The average Bonchev–Trinajstić information content (AvgIpc) is 2.64. The number of nitrogens with zero attached hydrogens (tertiary/aromatic N) is 2. The second-order valence-electron chi connectivity index (χ2n) is 5.73. The Morgan fingerprint density at radius 1 is 1.15 bits per heavy atom. The largest absolute Gasteiger partial charge is 0.452 e. The highest BCUT2D eigenvalue weighted by atomic mass is 16.6. The molecule has 2 aromatic carbocycles. The van der Waals surface area contributed by atoms with E-state index in [1.54, 1.807) is 11.8 Å². The second-order valence-corrected chi connectivity index (χ2v) is 5.73. The number of hydrogen-bond acceptors (Lipinski definition) is 5. The fraction of sp³-hybridized carbons (Fsp3) is 0.263. The first-order valence-corrected chi connectivity index (χ1v) is 8.16. The van der Waals surface area contributed by atoms with Gasteiger partial charge in [-0.25, -0.2) is 4.79 Å². The van der Waals surface area contributed by atoms with Gasteiger partial charge in [0.25, 0.3) is 11.6 Å². The number of nitro groups is 1. The zero-order valence-corrected chi connectivity index (χ0v) is 14.7. The number of aryl methyl sites for hydroxylation is 1. The van der Waals surface area contributed by atoms with Crippen molar-refractivity contribution in [2.24, 2.45) is 0 Å². The average molecular weight is 356 g/mol. The molecule has 0 radical (unpaired) electrons. The quantitative estimate of drug-likeness (QED) is 0.432. The Bertz CT molecular complexity index is 805. The molecule has 1 amide bonds. The summed E-state index contributed by atoms with van der Waals surface area (Å²) < 4.78 is 5.07. The monoisotopic (exact) mass is 356 g/mol. The smallest absolute Gasteiger partial charge is 0.338 e. The summed E-state index contributed by atoms with van der Waals surface area (Å²) in [6.45, 7) is 3.93. The third-order valence-electron chi connectivity index (χ3n) is 3.91. The first-order valence-electron chi connectivity index (χ1n) is 8.16. The number of likely N-dealkylation sites (N-methyl/N-ethyl adjacent to an activating group) is 1. The molecule has 0 aliphatic carbocycles. The lowest BCUT2D eigenvalue weighted by Gasteiger charge is -2.20. The van der Waals surface area contributed by atoms with Crippen molar-refractivity contribution in [2.75, 3.05) is 13.2 Å². The summed E-state index contributed by atoms with van der Waals surface area (Å²) in [4.78, 5) is 36.3. The molecule has 0 aliphatic heterocycles. The van der Waals surface area contributed by atoms with Crippen LogP contribution in [-0.2, 0) is 16.1 Å². The number of benzene rings is 2. The molecule has 0 aliphatic rings. The van der Waals surface area contributed by atoms with Gasteiger partial charge < -0.3 is 9.64 Å². The molecule has 0 aromatic heterocycles. The van der Waals surface area contributed by atoms with Crippen molar-refractivity contribution in [3.63, 3.8) is 0 Å². The zero-order chi connectivity index (χ0) is 19.1. The summed E-state index contributed by atoms with van der Waals surface area (Å²) in [7, 11) is 0. The fourth-order valence-electron chi connectivity index (χ4n) is 2.47. The molecule has 0 spiro atoms. The molecule has 0 saturated carbocycles. The molecule has 7 heteroatoms. The minimum atomic E-state index is -0.688. The molecule has 0 saturated heterocycles. The van der Waals surface area contributed by atoms with E-state index in [9.17, 15) is 19.7 Å². The van der Waals surface area contributed by atoms with Gasteiger partial charge in [-0.15, -0.1) is 0 Å². The van der Waals surface area contributed by atoms with E-state index >= 15 is 0 Å². The van der Waals surface area contributed by atoms with Gasteiger partial charge in [-0.3, -0.25) is 14.9 Å². The van der Waals surface area contributed by atoms with Crippen LogP contribution in [0.15, 0.2) is 48.5 Å². The molecule has 26 heavy (non-hydrogen) atoms. The predicted molar refractivity (Wildman–Crippen MR) is 95.6 cm³/mol. The highest BCUT2D eigenvalue weighted by Crippen LogP contribution is 2.19. The number of amides is 1. The molecule has 0 fully saturated rings. The van der Waals surface area contributed by atoms with E-state index in [4.69, 9.17) is 4.74 Å². The summed E-state index contributed by atoms with van der Waals surface area (Å²) in [5.74, 6) is -0.990. The Kier molecular flexibility index (Phi) is 6.43. The number of rotatable bonds is 7. The lowest BCUT2D eigenvalue weighted by Crippen LogP contribution is -2.34. The molecule has 136 valence electrons. The van der Waals surface area contributed by atoms with Crippen LogP contribution >= 0.6 is 0 Å². The number of hydrogen-bond donors (Lipinski definition) is 0. The van der Waals surface area contributed by atoms with Crippen LogP contribution in [-0.4, -0.2) is 34.9 Å². The van der Waals surface area contributed by atoms with Gasteiger partial charge in [-0.05, 0) is 31.5 Å². The normalized spacial score (nSPS) is 10.2. The summed E-state index contributed by atoms with van der Waals surface area (Å²) >= 11 is 0. The van der Waals surface area contributed by atoms with Crippen molar-refractivity contribution < 1.29 is 19.2 Å². The van der Waals surface area contributed by atoms with Gasteiger partial charge in [0.2, 0.25) is 0 Å². The Hall–Kier alpha value is -3.22. The lowest BCUT2D eigenvalue weighted by molar-refractivity contribution is -0.385. The maximum Gasteiger partial charge on any atom is 0.338 e. The lowest BCUT2D eigenvalue weighted by atomic mass is 10.1. The van der Waals surface area contributed by atoms with Crippen LogP contribution in [0.2, 0.25) is 0 Å². The minimum Gasteiger partial charge on any atom is -0.452 e. The molecule has 0 atom stereocenters. The number of esters is 1. The van der Waals surface area contributed by atoms with Crippen LogP contribution in [0.5, 0.6) is 0 Å². The van der Waals surface area contributed by atoms with Crippen molar-refractivity contribution >= 4 is 17.6 Å². The molecular formula is C19H20N2O5. The van der Waals surface area contributed by atoms with Crippen molar-refractivity contribution in [1.29, 1.82) is 0 Å². The summed E-state index contributed by atoms with van der Waals surface area (Å²) in [6.07, 6.45) is 0. The number of nitro benzene ring substituents is 1. The predicted octanol–water partition coefficient (Wildman–Crippen LogP) is 3.11. The number of ether oxygens (including phenoxy) is 1. The fourth-order valence-corrected chi connectivity index (χ4v) is 2.47. The van der Waals surface area contributed by atoms with Crippen LogP contribution in [0.4, 0.5) is 5.69 Å². The van der Waals surface area contributed by atoms with E-state index in [2.05, 4.69) is 0 Å². The first kappa shape index (κ1) is 19.1. The van der Waals surface area contributed by atoms with Crippen molar-refractivity contribution in [1.82, 2.24) is 4.90 Å². The summed E-state index contributed by atoms with van der Waals surface area (Å²) in [5, 5.41) is 10.8. The zero-order valence-electron chi connectivity index (χ0n) is 14.7. The molecule has 2 aromatic rings. The summed E-state index contributed by atoms with van der Waals surface area (Å²) in [6, 6.07) is 13.5. The van der Waals surface area contributed by atoms with Gasteiger partial charge in [0.05, 0.1) is 10.5 Å². The standard InChI is InChI=1S/C19H20N2O5/c1-3-20(12-15-7-5-4-6-8-15)18(22)13-26-19(23)16-9-10-17(21(24)25)14(2)11-16/h4-11H,3,12-13H2,1-2H3. The second kappa shape index (κ2) is 8.75. The Morgan fingerprint density at radius 2 is 1.85 bits per heavy atom. The highest BCUT2D eigenvalue weighted by molar-refractivity contribution is 5.91. The van der Waals surface area contributed by atoms with Crippen molar-refractivity contribution in [2.45, 2.75) is 20.4 Å². The molecule has 0 N–H and O–H groups in total. The van der Waals surface area contributed by atoms with E-state index in [1.165, 1.54) is 18.2 Å². The molecule has 0 unspecified atom stereocenters. The molecular weight excluding hydrogens is 336 g/mol. The molecule has 0 heterocycles. The Labute approximate surface area is 151 Å². The van der Waals surface area contributed by atoms with E-state index < -0.39 is 10.9 Å². The third kappa shape index (κ3) is 4.89. The van der Waals surface area contributed by atoms with E-state index in [-0.39, 0.29) is 23.8 Å². The summed E-state index contributed by atoms with van der Waals surface area (Å²) in [5.41, 5.74) is 1.44. The maximum atomic E-state index is 12.3. The van der Waals surface area contributed by atoms with Gasteiger partial charge in [0, 0.05) is 24.7 Å². The van der Waals surface area contributed by atoms with Crippen LogP contribution in [0.25, 0.3) is 0 Å². The van der Waals surface area contributed by atoms with Crippen LogP contribution in [0.1, 0.15) is 28.4 Å². The van der Waals surface area contributed by atoms with Crippen molar-refractivity contribution in [3.05, 3.63) is 75.3 Å². The minimum absolute atomic E-state index is 0.0716. The molecule has 7 nitrogen and oxygen atoms in total. The molecule has 2 rings (SSSR count). The van der Waals surface area contributed by atoms with Gasteiger partial charge in [0.1, 0.15) is 0 Å². The van der Waals surface area contributed by atoms with Gasteiger partial charge >= 0.3 is 5.97 Å². The maximum absolute atomic E-state index is 12.3. The number of carbonyl (C=O) groups is 2. The van der Waals surface area contributed by atoms with E-state index in [0.29, 0.717) is 18.7 Å². The number of carbonyl (C=O) groups excluding carboxylic acids is 2. The third-order valence-corrected chi connectivity index (χ3v) is 3.91. The van der Waals surface area contributed by atoms with E-state index in [1.807, 2.05) is 37.3 Å².